The number of amides is 1. The lowest BCUT2D eigenvalue weighted by atomic mass is 9.92. The first-order chi connectivity index (χ1) is 6.42. The number of primary amides is 1. The Kier molecular flexibility index (Phi) is 2.93. The standard InChI is InChI=1S/C10H16N2O2/c1-10(2,9(11)14)6-12-7-3-4-8(13)5-7/h5,12H,3-4,6H2,1-2H3,(H2,11,14). The Hall–Kier alpha value is -1.32. The maximum absolute atomic E-state index is 11.0. The number of nitrogens with one attached hydrogen (secondary N) is 1. The van der Waals surface area contributed by atoms with E-state index in [9.17, 15) is 9.59 Å². The average Bonchev–Trinajstić information content (AvgIpc) is 2.48. The molecule has 1 rings (SSSR count). The number of hydrogen-bond acceptors (Lipinski definition) is 3. The van der Waals surface area contributed by atoms with Gasteiger partial charge in [0.1, 0.15) is 0 Å². The molecule has 0 spiro atoms. The van der Waals surface area contributed by atoms with Gasteiger partial charge in [-0.25, -0.2) is 0 Å². The molecule has 4 heteroatoms. The van der Waals surface area contributed by atoms with Crippen molar-refractivity contribution in [2.75, 3.05) is 6.54 Å². The summed E-state index contributed by atoms with van der Waals surface area (Å²) in [6.07, 6.45) is 2.91. The van der Waals surface area contributed by atoms with Gasteiger partial charge in [-0.05, 0) is 20.3 Å². The normalized spacial score (nSPS) is 16.7. The van der Waals surface area contributed by atoms with Crippen LogP contribution in [0.2, 0.25) is 0 Å². The third-order valence-corrected chi connectivity index (χ3v) is 2.40. The molecule has 1 aliphatic carbocycles. The fourth-order valence-corrected chi connectivity index (χ4v) is 1.16. The van der Waals surface area contributed by atoms with Crippen LogP contribution in [0.15, 0.2) is 11.8 Å². The smallest absolute Gasteiger partial charge is 0.224 e. The van der Waals surface area contributed by atoms with E-state index in [-0.39, 0.29) is 11.7 Å². The molecule has 0 saturated heterocycles. The van der Waals surface area contributed by atoms with Gasteiger partial charge in [-0.2, -0.15) is 0 Å². The van der Waals surface area contributed by atoms with Crippen molar-refractivity contribution in [3.8, 4) is 0 Å². The minimum Gasteiger partial charge on any atom is -0.387 e. The molecule has 0 heterocycles. The Morgan fingerprint density at radius 2 is 2.21 bits per heavy atom. The zero-order valence-corrected chi connectivity index (χ0v) is 8.59. The molecule has 0 unspecified atom stereocenters. The van der Waals surface area contributed by atoms with Crippen molar-refractivity contribution in [3.63, 3.8) is 0 Å². The first-order valence-corrected chi connectivity index (χ1v) is 4.69. The molecule has 1 aliphatic rings. The summed E-state index contributed by atoms with van der Waals surface area (Å²) in [7, 11) is 0. The number of carbonyl (C=O) groups excluding carboxylic acids is 2. The fraction of sp³-hybridized carbons (Fsp3) is 0.600. The van der Waals surface area contributed by atoms with E-state index in [2.05, 4.69) is 5.32 Å². The summed E-state index contributed by atoms with van der Waals surface area (Å²) >= 11 is 0. The molecular weight excluding hydrogens is 180 g/mol. The van der Waals surface area contributed by atoms with Crippen LogP contribution >= 0.6 is 0 Å². The van der Waals surface area contributed by atoms with Crippen LogP contribution in [-0.4, -0.2) is 18.2 Å². The Morgan fingerprint density at radius 3 is 2.64 bits per heavy atom. The Morgan fingerprint density at radius 1 is 1.57 bits per heavy atom. The highest BCUT2D eigenvalue weighted by atomic mass is 16.1. The predicted octanol–water partition coefficient (Wildman–Crippen LogP) is 0.334. The van der Waals surface area contributed by atoms with Gasteiger partial charge in [-0.1, -0.05) is 0 Å². The largest absolute Gasteiger partial charge is 0.387 e. The molecule has 0 bridgehead atoms. The molecule has 1 amide bonds. The van der Waals surface area contributed by atoms with E-state index >= 15 is 0 Å². The van der Waals surface area contributed by atoms with Crippen LogP contribution in [0, 0.1) is 5.41 Å². The van der Waals surface area contributed by atoms with E-state index in [4.69, 9.17) is 5.73 Å². The highest BCUT2D eigenvalue weighted by molar-refractivity contribution is 5.92. The summed E-state index contributed by atoms with van der Waals surface area (Å²) in [4.78, 5) is 21.9. The van der Waals surface area contributed by atoms with Crippen molar-refractivity contribution in [1.29, 1.82) is 0 Å². The first kappa shape index (κ1) is 10.8. The lowest BCUT2D eigenvalue weighted by Gasteiger charge is -2.21. The quantitative estimate of drug-likeness (QED) is 0.680. The molecular formula is C10H16N2O2. The highest BCUT2D eigenvalue weighted by Crippen LogP contribution is 2.16. The van der Waals surface area contributed by atoms with Crippen LogP contribution < -0.4 is 11.1 Å². The van der Waals surface area contributed by atoms with Crippen molar-refractivity contribution in [1.82, 2.24) is 5.32 Å². The second kappa shape index (κ2) is 3.82. The third kappa shape index (κ3) is 2.58. The number of carbonyl (C=O) groups is 2. The van der Waals surface area contributed by atoms with E-state index in [0.717, 1.165) is 12.1 Å². The number of ketones is 1. The second-order valence-electron chi connectivity index (χ2n) is 4.24. The van der Waals surface area contributed by atoms with E-state index < -0.39 is 5.41 Å². The Labute approximate surface area is 83.5 Å². The molecule has 4 nitrogen and oxygen atoms in total. The number of hydrogen-bond donors (Lipinski definition) is 2. The minimum atomic E-state index is -0.577. The van der Waals surface area contributed by atoms with Gasteiger partial charge >= 0.3 is 0 Å². The number of nitrogens with two attached hydrogens (primary N) is 1. The SMILES string of the molecule is CC(C)(CNC1=CC(=O)CC1)C(N)=O. The van der Waals surface area contributed by atoms with E-state index in [0.29, 0.717) is 13.0 Å². The molecule has 0 radical (unpaired) electrons. The topological polar surface area (TPSA) is 72.2 Å². The van der Waals surface area contributed by atoms with Gasteiger partial charge in [0.15, 0.2) is 5.78 Å². The van der Waals surface area contributed by atoms with E-state index in [1.165, 1.54) is 0 Å². The van der Waals surface area contributed by atoms with Gasteiger partial charge < -0.3 is 11.1 Å². The minimum absolute atomic E-state index is 0.143. The summed E-state index contributed by atoms with van der Waals surface area (Å²) < 4.78 is 0. The molecule has 0 atom stereocenters. The summed E-state index contributed by atoms with van der Waals surface area (Å²) in [5, 5.41) is 3.07. The molecule has 0 aromatic carbocycles. The van der Waals surface area contributed by atoms with Crippen LogP contribution in [0.5, 0.6) is 0 Å². The molecule has 0 aromatic rings. The second-order valence-corrected chi connectivity index (χ2v) is 4.24. The first-order valence-electron chi connectivity index (χ1n) is 4.69. The van der Waals surface area contributed by atoms with Crippen molar-refractivity contribution >= 4 is 11.7 Å². The molecule has 78 valence electrons. The van der Waals surface area contributed by atoms with Crippen molar-refractivity contribution in [2.45, 2.75) is 26.7 Å². The van der Waals surface area contributed by atoms with E-state index in [1.807, 2.05) is 0 Å². The van der Waals surface area contributed by atoms with Crippen LogP contribution in [0.4, 0.5) is 0 Å². The summed E-state index contributed by atoms with van der Waals surface area (Å²) in [5.74, 6) is -0.195. The monoisotopic (exact) mass is 196 g/mol. The molecule has 0 aliphatic heterocycles. The van der Waals surface area contributed by atoms with E-state index in [1.54, 1.807) is 19.9 Å². The van der Waals surface area contributed by atoms with Crippen LogP contribution in [0.25, 0.3) is 0 Å². The fourth-order valence-electron chi connectivity index (χ4n) is 1.16. The lowest BCUT2D eigenvalue weighted by molar-refractivity contribution is -0.125. The molecule has 14 heavy (non-hydrogen) atoms. The molecule has 3 N–H and O–H groups in total. The van der Waals surface area contributed by atoms with Gasteiger partial charge in [0, 0.05) is 24.7 Å². The Balaban J connectivity index is 2.45. The number of allylic oxidation sites excluding steroid dienone is 2. The maximum atomic E-state index is 11.0. The zero-order valence-electron chi connectivity index (χ0n) is 8.59. The molecule has 0 aromatic heterocycles. The van der Waals surface area contributed by atoms with Crippen LogP contribution in [0.3, 0.4) is 0 Å². The zero-order chi connectivity index (χ0) is 10.8. The van der Waals surface area contributed by atoms with Gasteiger partial charge in [0.25, 0.3) is 0 Å². The summed E-state index contributed by atoms with van der Waals surface area (Å²) in [6.45, 7) is 4.03. The van der Waals surface area contributed by atoms with Gasteiger partial charge in [0.05, 0.1) is 5.41 Å². The van der Waals surface area contributed by atoms with Gasteiger partial charge in [0.2, 0.25) is 5.91 Å². The predicted molar refractivity (Wildman–Crippen MR) is 53.3 cm³/mol. The van der Waals surface area contributed by atoms with Crippen molar-refractivity contribution in [2.24, 2.45) is 11.1 Å². The van der Waals surface area contributed by atoms with Crippen LogP contribution in [-0.2, 0) is 9.59 Å². The van der Waals surface area contributed by atoms with Gasteiger partial charge in [-0.15, -0.1) is 0 Å². The molecule has 0 fully saturated rings. The average molecular weight is 196 g/mol. The maximum Gasteiger partial charge on any atom is 0.224 e. The molecule has 0 saturated carbocycles. The number of rotatable bonds is 4. The Bertz CT molecular complexity index is 292. The van der Waals surface area contributed by atoms with Crippen molar-refractivity contribution < 1.29 is 9.59 Å². The lowest BCUT2D eigenvalue weighted by Crippen LogP contribution is -2.40. The summed E-state index contributed by atoms with van der Waals surface area (Å²) in [6, 6.07) is 0. The summed E-state index contributed by atoms with van der Waals surface area (Å²) in [5.41, 5.74) is 5.55. The third-order valence-electron chi connectivity index (χ3n) is 2.40. The van der Waals surface area contributed by atoms with Gasteiger partial charge in [-0.3, -0.25) is 9.59 Å². The highest BCUT2D eigenvalue weighted by Gasteiger charge is 2.25. The van der Waals surface area contributed by atoms with Crippen LogP contribution in [0.1, 0.15) is 26.7 Å². The van der Waals surface area contributed by atoms with Crippen molar-refractivity contribution in [3.05, 3.63) is 11.8 Å².